The zero-order valence-electron chi connectivity index (χ0n) is 7.58. The molecule has 1 heterocycles. The van der Waals surface area contributed by atoms with Crippen LogP contribution >= 0.6 is 22.6 Å². The largest absolute Gasteiger partial charge is 0.461 e. The molecule has 0 aliphatic carbocycles. The molecule has 5 heteroatoms. The Labute approximate surface area is 90.4 Å². The van der Waals surface area contributed by atoms with Gasteiger partial charge in [0.25, 0.3) is 0 Å². The average molecular weight is 294 g/mol. The second-order valence-electron chi connectivity index (χ2n) is 2.39. The molecule has 0 amide bonds. The minimum atomic E-state index is -0.354. The highest BCUT2D eigenvalue weighted by Crippen LogP contribution is 2.08. The highest BCUT2D eigenvalue weighted by atomic mass is 127. The van der Waals surface area contributed by atoms with Crippen LogP contribution in [0.5, 0.6) is 0 Å². The molecule has 0 unspecified atom stereocenters. The van der Waals surface area contributed by atoms with Gasteiger partial charge in [-0.3, -0.25) is 4.68 Å². The Kier molecular flexibility index (Phi) is 3.71. The second kappa shape index (κ2) is 4.59. The molecule has 0 aliphatic heterocycles. The predicted octanol–water partition coefficient (Wildman–Crippen LogP) is 1.68. The fourth-order valence-electron chi connectivity index (χ4n) is 0.921. The summed E-state index contributed by atoms with van der Waals surface area (Å²) in [6, 6.07) is 1.72. The Morgan fingerprint density at radius 2 is 2.38 bits per heavy atom. The van der Waals surface area contributed by atoms with Crippen molar-refractivity contribution in [3.63, 3.8) is 0 Å². The summed E-state index contributed by atoms with van der Waals surface area (Å²) in [6.07, 6.45) is 0. The third kappa shape index (κ3) is 2.43. The lowest BCUT2D eigenvalue weighted by molar-refractivity contribution is 0.0518. The first-order valence-corrected chi connectivity index (χ1v) is 5.17. The van der Waals surface area contributed by atoms with Gasteiger partial charge in [0.15, 0.2) is 5.69 Å². The van der Waals surface area contributed by atoms with Gasteiger partial charge < -0.3 is 4.74 Å². The van der Waals surface area contributed by atoms with Crippen molar-refractivity contribution in [2.24, 2.45) is 0 Å². The van der Waals surface area contributed by atoms with Gasteiger partial charge in [-0.15, -0.1) is 0 Å². The molecule has 0 fully saturated rings. The zero-order chi connectivity index (χ0) is 9.84. The Balaban J connectivity index is 2.84. The maximum Gasteiger partial charge on any atom is 0.358 e. The minimum absolute atomic E-state index is 0.354. The number of nitrogens with zero attached hydrogens (tertiary/aromatic N) is 2. The lowest BCUT2D eigenvalue weighted by Crippen LogP contribution is -2.06. The molecule has 0 atom stereocenters. The van der Waals surface area contributed by atoms with Crippen molar-refractivity contribution in [2.45, 2.75) is 20.4 Å². The van der Waals surface area contributed by atoms with Crippen molar-refractivity contribution in [1.29, 1.82) is 0 Å². The summed E-state index contributed by atoms with van der Waals surface area (Å²) >= 11 is 2.14. The molecule has 0 saturated carbocycles. The minimum Gasteiger partial charge on any atom is -0.461 e. The molecule has 0 radical (unpaired) electrons. The molecule has 0 N–H and O–H groups in total. The number of rotatable bonds is 3. The number of hydrogen-bond acceptors (Lipinski definition) is 3. The van der Waals surface area contributed by atoms with Crippen LogP contribution < -0.4 is 0 Å². The van der Waals surface area contributed by atoms with Crippen LogP contribution in [0.3, 0.4) is 0 Å². The second-order valence-corrected chi connectivity index (χ2v) is 3.49. The zero-order valence-corrected chi connectivity index (χ0v) is 9.74. The van der Waals surface area contributed by atoms with Crippen LogP contribution in [-0.4, -0.2) is 22.4 Å². The summed E-state index contributed by atoms with van der Waals surface area (Å²) in [5.41, 5.74) is 0.383. The van der Waals surface area contributed by atoms with E-state index in [1.165, 1.54) is 0 Å². The quantitative estimate of drug-likeness (QED) is 0.629. The van der Waals surface area contributed by atoms with Crippen LogP contribution in [0.25, 0.3) is 0 Å². The number of aryl methyl sites for hydroxylation is 1. The summed E-state index contributed by atoms with van der Waals surface area (Å²) in [7, 11) is 0. The predicted molar refractivity (Wildman–Crippen MR) is 56.6 cm³/mol. The number of aromatic nitrogens is 2. The molecule has 4 nitrogen and oxygen atoms in total. The molecule has 0 saturated heterocycles. The standard InChI is InChI=1S/C8H11IN2O2/c1-3-11-7(9)5-6(10-11)8(12)13-4-2/h5H,3-4H2,1-2H3. The first kappa shape index (κ1) is 10.5. The average Bonchev–Trinajstić information content (AvgIpc) is 2.47. The number of halogens is 1. The van der Waals surface area contributed by atoms with Crippen LogP contribution in [0.4, 0.5) is 0 Å². The van der Waals surface area contributed by atoms with E-state index in [0.29, 0.717) is 12.3 Å². The van der Waals surface area contributed by atoms with E-state index in [1.54, 1.807) is 17.7 Å². The van der Waals surface area contributed by atoms with E-state index in [0.717, 1.165) is 10.2 Å². The number of ether oxygens (including phenoxy) is 1. The van der Waals surface area contributed by atoms with Gasteiger partial charge in [0.2, 0.25) is 0 Å². The van der Waals surface area contributed by atoms with E-state index in [9.17, 15) is 4.79 Å². The van der Waals surface area contributed by atoms with Gasteiger partial charge in [-0.2, -0.15) is 5.10 Å². The van der Waals surface area contributed by atoms with Crippen molar-refractivity contribution in [3.8, 4) is 0 Å². The van der Waals surface area contributed by atoms with E-state index in [2.05, 4.69) is 27.7 Å². The molecular formula is C8H11IN2O2. The van der Waals surface area contributed by atoms with Crippen LogP contribution in [0.15, 0.2) is 6.07 Å². The first-order valence-electron chi connectivity index (χ1n) is 4.09. The number of esters is 1. The van der Waals surface area contributed by atoms with Gasteiger partial charge in [0.05, 0.1) is 10.3 Å². The van der Waals surface area contributed by atoms with E-state index in [1.807, 2.05) is 6.92 Å². The van der Waals surface area contributed by atoms with E-state index >= 15 is 0 Å². The van der Waals surface area contributed by atoms with Crippen molar-refractivity contribution >= 4 is 28.6 Å². The molecule has 0 bridgehead atoms. The molecule has 1 rings (SSSR count). The van der Waals surface area contributed by atoms with Gasteiger partial charge in [0.1, 0.15) is 0 Å². The maximum atomic E-state index is 11.2. The first-order chi connectivity index (χ1) is 6.19. The molecule has 0 aliphatic rings. The Morgan fingerprint density at radius 3 is 2.85 bits per heavy atom. The smallest absolute Gasteiger partial charge is 0.358 e. The van der Waals surface area contributed by atoms with Crippen molar-refractivity contribution < 1.29 is 9.53 Å². The van der Waals surface area contributed by atoms with Gasteiger partial charge >= 0.3 is 5.97 Å². The Bertz CT molecular complexity index is 309. The normalized spacial score (nSPS) is 10.1. The van der Waals surface area contributed by atoms with Crippen LogP contribution in [-0.2, 0) is 11.3 Å². The summed E-state index contributed by atoms with van der Waals surface area (Å²) in [5.74, 6) is -0.354. The Morgan fingerprint density at radius 1 is 1.69 bits per heavy atom. The topological polar surface area (TPSA) is 44.1 Å². The van der Waals surface area contributed by atoms with Gasteiger partial charge in [-0.1, -0.05) is 0 Å². The van der Waals surface area contributed by atoms with Crippen molar-refractivity contribution in [1.82, 2.24) is 9.78 Å². The van der Waals surface area contributed by atoms with E-state index in [4.69, 9.17) is 4.74 Å². The van der Waals surface area contributed by atoms with Crippen LogP contribution in [0.1, 0.15) is 24.3 Å². The van der Waals surface area contributed by atoms with Gasteiger partial charge in [0, 0.05) is 12.6 Å². The van der Waals surface area contributed by atoms with Crippen LogP contribution in [0, 0.1) is 3.70 Å². The molecule has 0 spiro atoms. The lowest BCUT2D eigenvalue weighted by Gasteiger charge is -1.97. The molecular weight excluding hydrogens is 283 g/mol. The third-order valence-corrected chi connectivity index (χ3v) is 2.38. The van der Waals surface area contributed by atoms with Gasteiger partial charge in [-0.05, 0) is 36.4 Å². The SMILES string of the molecule is CCOC(=O)c1cc(I)n(CC)n1. The van der Waals surface area contributed by atoms with E-state index in [-0.39, 0.29) is 5.97 Å². The highest BCUT2D eigenvalue weighted by molar-refractivity contribution is 14.1. The fraction of sp³-hybridized carbons (Fsp3) is 0.500. The monoisotopic (exact) mass is 294 g/mol. The molecule has 13 heavy (non-hydrogen) atoms. The summed E-state index contributed by atoms with van der Waals surface area (Å²) < 4.78 is 7.53. The summed E-state index contributed by atoms with van der Waals surface area (Å²) in [5, 5.41) is 4.08. The summed E-state index contributed by atoms with van der Waals surface area (Å²) in [4.78, 5) is 11.2. The van der Waals surface area contributed by atoms with Crippen molar-refractivity contribution in [3.05, 3.63) is 15.5 Å². The molecule has 72 valence electrons. The number of hydrogen-bond donors (Lipinski definition) is 0. The molecule has 1 aromatic heterocycles. The fourth-order valence-corrected chi connectivity index (χ4v) is 1.66. The third-order valence-electron chi connectivity index (χ3n) is 1.51. The molecule has 1 aromatic rings. The maximum absolute atomic E-state index is 11.2. The van der Waals surface area contributed by atoms with Crippen LogP contribution in [0.2, 0.25) is 0 Å². The Hall–Kier alpha value is -0.590. The van der Waals surface area contributed by atoms with Gasteiger partial charge in [-0.25, -0.2) is 4.79 Å². The number of carbonyl (C=O) groups excluding carboxylic acids is 1. The van der Waals surface area contributed by atoms with E-state index < -0.39 is 0 Å². The highest BCUT2D eigenvalue weighted by Gasteiger charge is 2.12. The number of carbonyl (C=O) groups is 1. The van der Waals surface area contributed by atoms with Crippen molar-refractivity contribution in [2.75, 3.05) is 6.61 Å². The lowest BCUT2D eigenvalue weighted by atomic mass is 10.4. The molecule has 0 aromatic carbocycles. The summed E-state index contributed by atoms with van der Waals surface area (Å²) in [6.45, 7) is 4.90.